The van der Waals surface area contributed by atoms with Crippen molar-refractivity contribution in [3.8, 4) is 0 Å². The Bertz CT molecular complexity index is 934. The zero-order valence-corrected chi connectivity index (χ0v) is 28.4. The summed E-state index contributed by atoms with van der Waals surface area (Å²) in [6, 6.07) is 7.31. The number of nitrogens with zero attached hydrogens (tertiary/aromatic N) is 1. The van der Waals surface area contributed by atoms with Crippen molar-refractivity contribution in [3.05, 3.63) is 41.1 Å². The van der Waals surface area contributed by atoms with Gasteiger partial charge in [-0.25, -0.2) is 8.42 Å². The molecule has 0 aliphatic carbocycles. The van der Waals surface area contributed by atoms with Crippen molar-refractivity contribution in [2.75, 3.05) is 32.9 Å². The molecule has 0 spiro atoms. The van der Waals surface area contributed by atoms with E-state index >= 15 is 0 Å². The van der Waals surface area contributed by atoms with E-state index in [9.17, 15) is 8.42 Å². The predicted molar refractivity (Wildman–Crippen MR) is 173 cm³/mol. The number of sulfonamides is 1. The van der Waals surface area contributed by atoms with E-state index in [1.165, 1.54) is 50.1 Å². The lowest BCUT2D eigenvalue weighted by Crippen LogP contribution is -2.48. The van der Waals surface area contributed by atoms with Crippen molar-refractivity contribution in [3.63, 3.8) is 0 Å². The second-order valence-corrected chi connectivity index (χ2v) is 15.8. The Morgan fingerprint density at radius 2 is 1.10 bits per heavy atom. The standard InChI is InChI=1S/C33H59NO5SSi/c1-5-37-41(38-6-2,39-7-3)33-23-19-15-11-8-9-13-17-21-29-34(30-22-18-14-10-12-16-20-24-33)40(35,36)32-27-25-31(4)26-28-32/h23,25-28H,5-22,24,29-30H2,1-4H3/b33-23-. The first kappa shape index (κ1) is 36.2. The highest BCUT2D eigenvalue weighted by Crippen LogP contribution is 2.27. The highest BCUT2D eigenvalue weighted by molar-refractivity contribution is 7.89. The van der Waals surface area contributed by atoms with E-state index < -0.39 is 18.8 Å². The van der Waals surface area contributed by atoms with Crippen molar-refractivity contribution < 1.29 is 21.7 Å². The van der Waals surface area contributed by atoms with Gasteiger partial charge in [0, 0.05) is 32.9 Å². The van der Waals surface area contributed by atoms with Gasteiger partial charge in [0.15, 0.2) is 0 Å². The molecule has 0 N–H and O–H groups in total. The molecule has 1 heterocycles. The van der Waals surface area contributed by atoms with Crippen LogP contribution < -0.4 is 0 Å². The fourth-order valence-electron chi connectivity index (χ4n) is 5.64. The van der Waals surface area contributed by atoms with Crippen LogP contribution in [-0.4, -0.2) is 54.4 Å². The molecule has 0 unspecified atom stereocenters. The third-order valence-corrected chi connectivity index (χ3v) is 13.1. The number of rotatable bonds is 9. The van der Waals surface area contributed by atoms with E-state index in [-0.39, 0.29) is 0 Å². The van der Waals surface area contributed by atoms with Gasteiger partial charge in [0.25, 0.3) is 0 Å². The largest absolute Gasteiger partial charge is 0.532 e. The number of allylic oxidation sites excluding steroid dienone is 2. The maximum absolute atomic E-state index is 13.4. The molecular formula is C33H59NO5SSi. The van der Waals surface area contributed by atoms with Crippen LogP contribution >= 0.6 is 0 Å². The third kappa shape index (κ3) is 13.0. The van der Waals surface area contributed by atoms with Gasteiger partial charge >= 0.3 is 8.80 Å². The molecule has 0 saturated heterocycles. The van der Waals surface area contributed by atoms with Crippen molar-refractivity contribution in [1.29, 1.82) is 0 Å². The first-order valence-corrected chi connectivity index (χ1v) is 19.7. The van der Waals surface area contributed by atoms with Crippen LogP contribution in [-0.2, 0) is 23.3 Å². The average molecular weight is 610 g/mol. The Morgan fingerprint density at radius 1 is 0.659 bits per heavy atom. The second kappa shape index (κ2) is 20.8. The van der Waals surface area contributed by atoms with Gasteiger partial charge in [0.1, 0.15) is 0 Å². The summed E-state index contributed by atoms with van der Waals surface area (Å²) in [6.45, 7) is 11.1. The molecule has 0 bridgehead atoms. The Morgan fingerprint density at radius 3 is 1.59 bits per heavy atom. The summed E-state index contributed by atoms with van der Waals surface area (Å²) in [7, 11) is -6.28. The molecule has 1 aliphatic rings. The van der Waals surface area contributed by atoms with Gasteiger partial charge in [-0.05, 0) is 83.5 Å². The minimum absolute atomic E-state index is 0.423. The van der Waals surface area contributed by atoms with Crippen LogP contribution in [0.5, 0.6) is 0 Å². The van der Waals surface area contributed by atoms with E-state index in [0.717, 1.165) is 63.4 Å². The molecule has 0 radical (unpaired) electrons. The minimum Gasteiger partial charge on any atom is -0.370 e. The van der Waals surface area contributed by atoms with Gasteiger partial charge in [0.05, 0.1) is 4.90 Å². The third-order valence-electron chi connectivity index (χ3n) is 7.91. The predicted octanol–water partition coefficient (Wildman–Crippen LogP) is 8.75. The Hall–Kier alpha value is -1.03. The van der Waals surface area contributed by atoms with Crippen LogP contribution in [0.4, 0.5) is 0 Å². The quantitative estimate of drug-likeness (QED) is 0.262. The van der Waals surface area contributed by atoms with Crippen molar-refractivity contribution in [2.24, 2.45) is 0 Å². The van der Waals surface area contributed by atoms with Gasteiger partial charge in [-0.2, -0.15) is 4.31 Å². The van der Waals surface area contributed by atoms with Gasteiger partial charge in [0.2, 0.25) is 10.0 Å². The van der Waals surface area contributed by atoms with E-state index in [4.69, 9.17) is 13.3 Å². The van der Waals surface area contributed by atoms with E-state index in [1.807, 2.05) is 39.8 Å². The molecule has 1 aromatic carbocycles. The zero-order chi connectivity index (χ0) is 29.8. The molecule has 0 aromatic heterocycles. The smallest absolute Gasteiger partial charge is 0.370 e. The summed E-state index contributed by atoms with van der Waals surface area (Å²) in [4.78, 5) is 0.423. The number of hydrogen-bond acceptors (Lipinski definition) is 5. The maximum Gasteiger partial charge on any atom is 0.532 e. The lowest BCUT2D eigenvalue weighted by atomic mass is 10.1. The Kier molecular flexibility index (Phi) is 18.3. The topological polar surface area (TPSA) is 65.1 Å². The molecule has 6 nitrogen and oxygen atoms in total. The van der Waals surface area contributed by atoms with Crippen LogP contribution in [0.3, 0.4) is 0 Å². The molecule has 0 fully saturated rings. The average Bonchev–Trinajstić information content (AvgIpc) is 2.95. The first-order chi connectivity index (χ1) is 19.9. The Balaban J connectivity index is 2.01. The molecule has 1 aromatic rings. The monoisotopic (exact) mass is 609 g/mol. The number of benzene rings is 1. The summed E-state index contributed by atoms with van der Waals surface area (Å²) in [5.74, 6) is 0. The molecule has 1 aliphatic heterocycles. The SMILES string of the molecule is CCO[Si](OCC)(OCC)/C1=C\CCCCCCCCCN(S(=O)(=O)c2ccc(C)cc2)CCCCCCCCC1. The fourth-order valence-corrected chi connectivity index (χ4v) is 9.99. The highest BCUT2D eigenvalue weighted by atomic mass is 32.2. The fraction of sp³-hybridized carbons (Fsp3) is 0.758. The lowest BCUT2D eigenvalue weighted by molar-refractivity contribution is 0.0795. The van der Waals surface area contributed by atoms with E-state index in [1.54, 1.807) is 16.4 Å². The van der Waals surface area contributed by atoms with Crippen LogP contribution in [0.2, 0.25) is 0 Å². The molecule has 0 saturated carbocycles. The van der Waals surface area contributed by atoms with Crippen LogP contribution in [0.25, 0.3) is 0 Å². The Labute approximate surface area is 253 Å². The molecule has 0 atom stereocenters. The minimum atomic E-state index is -3.45. The zero-order valence-electron chi connectivity index (χ0n) is 26.6. The van der Waals surface area contributed by atoms with E-state index in [0.29, 0.717) is 37.8 Å². The normalized spacial score (nSPS) is 20.5. The molecule has 41 heavy (non-hydrogen) atoms. The summed E-state index contributed by atoms with van der Waals surface area (Å²) in [6.07, 6.45) is 20.2. The van der Waals surface area contributed by atoms with Crippen molar-refractivity contribution in [1.82, 2.24) is 4.31 Å². The van der Waals surface area contributed by atoms with Crippen LogP contribution in [0, 0.1) is 6.92 Å². The molecule has 236 valence electrons. The van der Waals surface area contributed by atoms with Gasteiger partial charge < -0.3 is 13.3 Å². The van der Waals surface area contributed by atoms with Gasteiger partial charge in [-0.1, -0.05) is 88.0 Å². The first-order valence-electron chi connectivity index (χ1n) is 16.6. The van der Waals surface area contributed by atoms with Crippen molar-refractivity contribution in [2.45, 2.75) is 135 Å². The van der Waals surface area contributed by atoms with Crippen LogP contribution in [0.1, 0.15) is 129 Å². The lowest BCUT2D eigenvalue weighted by Gasteiger charge is -2.31. The molecular weight excluding hydrogens is 551 g/mol. The number of hydrogen-bond donors (Lipinski definition) is 0. The summed E-state index contributed by atoms with van der Waals surface area (Å²) in [5, 5.41) is 1.28. The van der Waals surface area contributed by atoms with Gasteiger partial charge in [-0.3, -0.25) is 0 Å². The summed E-state index contributed by atoms with van der Waals surface area (Å²) < 4.78 is 47.4. The second-order valence-electron chi connectivity index (χ2n) is 11.3. The number of aryl methyl sites for hydroxylation is 1. The van der Waals surface area contributed by atoms with Crippen LogP contribution in [0.15, 0.2) is 40.4 Å². The van der Waals surface area contributed by atoms with Crippen molar-refractivity contribution >= 4 is 18.8 Å². The highest BCUT2D eigenvalue weighted by Gasteiger charge is 2.44. The molecule has 0 amide bonds. The van der Waals surface area contributed by atoms with Gasteiger partial charge in [-0.15, -0.1) is 0 Å². The summed E-state index contributed by atoms with van der Waals surface area (Å²) >= 11 is 0. The summed E-state index contributed by atoms with van der Waals surface area (Å²) in [5.41, 5.74) is 1.08. The maximum atomic E-state index is 13.4. The molecule has 8 heteroatoms. The van der Waals surface area contributed by atoms with E-state index in [2.05, 4.69) is 6.08 Å². The molecule has 2 rings (SSSR count).